The van der Waals surface area contributed by atoms with Gasteiger partial charge in [0, 0.05) is 32.9 Å². The van der Waals surface area contributed by atoms with Crippen molar-refractivity contribution in [3.05, 3.63) is 255 Å². The molecule has 0 spiro atoms. The lowest BCUT2D eigenvalue weighted by Crippen LogP contribution is -2.75. The molecule has 2 nitrogen and oxygen atoms in total. The molecule has 0 saturated heterocycles. The number of fused-ring (bicyclic) bond motifs is 6. The van der Waals surface area contributed by atoms with E-state index in [1.54, 1.807) is 0 Å². The van der Waals surface area contributed by atoms with Crippen LogP contribution in [-0.2, 0) is 0 Å². The summed E-state index contributed by atoms with van der Waals surface area (Å²) in [4.78, 5) is 0. The first-order valence-corrected chi connectivity index (χ1v) is 23.8. The van der Waals surface area contributed by atoms with Gasteiger partial charge in [0.25, 0.3) is 0 Å². The normalized spacial score (nSPS) is 11.8. The predicted octanol–water partition coefficient (Wildman–Crippen LogP) is 12.6. The van der Waals surface area contributed by atoms with Gasteiger partial charge < -0.3 is 9.13 Å². The first kappa shape index (κ1) is 36.8. The first-order chi connectivity index (χ1) is 31.3. The Balaban J connectivity index is 1.12. The standard InChI is InChI=1S/C60H42N2Si/c1-5-20-43(21-6-1)50-28-13-14-29-51(50)44-36-38-45(39-37-44)61-56-33-17-15-30-52(56)54-41-40-46(42-58(54)61)62-57-34-18-16-31-53(57)55-32-19-35-59(60(55)62)63(47-22-7-2-8-23-47,48-24-9-3-10-25-48)49-26-11-4-12-27-49/h1-42H. The predicted molar refractivity (Wildman–Crippen MR) is 270 cm³/mol. The maximum absolute atomic E-state index is 2.92. The molecule has 0 atom stereocenters. The SMILES string of the molecule is c1ccc(-c2ccccc2-c2ccc(-n3c4ccccc4c4ccc(-n5c6ccccc6c6cccc([Si](c7ccccc7)(c7ccccc7)c7ccccc7)c65)cc43)cc2)cc1. The van der Waals surface area contributed by atoms with Crippen LogP contribution in [0.1, 0.15) is 0 Å². The Morgan fingerprint density at radius 2 is 0.698 bits per heavy atom. The van der Waals surface area contributed by atoms with E-state index in [4.69, 9.17) is 0 Å². The van der Waals surface area contributed by atoms with Crippen LogP contribution in [0.3, 0.4) is 0 Å². The van der Waals surface area contributed by atoms with Crippen molar-refractivity contribution in [3.63, 3.8) is 0 Å². The molecule has 3 heteroatoms. The van der Waals surface area contributed by atoms with Crippen LogP contribution < -0.4 is 20.7 Å². The molecular formula is C60H42N2Si. The summed E-state index contributed by atoms with van der Waals surface area (Å²) in [5.74, 6) is 0. The van der Waals surface area contributed by atoms with E-state index in [-0.39, 0.29) is 0 Å². The minimum atomic E-state index is -2.92. The highest BCUT2D eigenvalue weighted by atomic mass is 28.3. The molecule has 10 aromatic carbocycles. The zero-order chi connectivity index (χ0) is 41.7. The smallest absolute Gasteiger partial charge is 0.181 e. The number of hydrogen-bond acceptors (Lipinski definition) is 0. The first-order valence-electron chi connectivity index (χ1n) is 21.8. The van der Waals surface area contributed by atoms with E-state index in [0.29, 0.717) is 0 Å². The highest BCUT2D eigenvalue weighted by Crippen LogP contribution is 2.38. The summed E-state index contributed by atoms with van der Waals surface area (Å²) in [6.07, 6.45) is 0. The molecule has 296 valence electrons. The van der Waals surface area contributed by atoms with Crippen molar-refractivity contribution in [2.45, 2.75) is 0 Å². The highest BCUT2D eigenvalue weighted by molar-refractivity contribution is 7.20. The van der Waals surface area contributed by atoms with E-state index in [1.165, 1.54) is 86.6 Å². The van der Waals surface area contributed by atoms with Crippen molar-refractivity contribution in [1.82, 2.24) is 9.13 Å². The van der Waals surface area contributed by atoms with Crippen LogP contribution in [0.4, 0.5) is 0 Å². The van der Waals surface area contributed by atoms with Gasteiger partial charge in [-0.2, -0.15) is 0 Å². The van der Waals surface area contributed by atoms with Gasteiger partial charge in [0.2, 0.25) is 0 Å². The molecular weight excluding hydrogens is 777 g/mol. The molecule has 0 aliphatic rings. The Morgan fingerprint density at radius 1 is 0.270 bits per heavy atom. The Labute approximate surface area is 368 Å². The van der Waals surface area contributed by atoms with Gasteiger partial charge in [-0.1, -0.05) is 218 Å². The maximum Gasteiger partial charge on any atom is 0.181 e. The van der Waals surface area contributed by atoms with Gasteiger partial charge in [-0.3, -0.25) is 0 Å². The third kappa shape index (κ3) is 5.85. The fraction of sp³-hybridized carbons (Fsp3) is 0. The van der Waals surface area contributed by atoms with E-state index in [1.807, 2.05) is 0 Å². The topological polar surface area (TPSA) is 9.86 Å². The van der Waals surface area contributed by atoms with Crippen molar-refractivity contribution in [1.29, 1.82) is 0 Å². The quantitative estimate of drug-likeness (QED) is 0.107. The van der Waals surface area contributed by atoms with E-state index in [0.717, 1.165) is 11.4 Å². The van der Waals surface area contributed by atoms with Gasteiger partial charge in [-0.05, 0) is 79.4 Å². The van der Waals surface area contributed by atoms with Gasteiger partial charge in [0.1, 0.15) is 0 Å². The molecule has 12 rings (SSSR count). The molecule has 0 amide bonds. The second kappa shape index (κ2) is 15.2. The lowest BCUT2D eigenvalue weighted by Gasteiger charge is -2.35. The number of nitrogens with zero attached hydrogens (tertiary/aromatic N) is 2. The lowest BCUT2D eigenvalue weighted by molar-refractivity contribution is 1.16. The molecule has 2 aromatic heterocycles. The summed E-state index contributed by atoms with van der Waals surface area (Å²) in [5, 5.41) is 10.4. The minimum absolute atomic E-state index is 1.13. The summed E-state index contributed by atoms with van der Waals surface area (Å²) in [6.45, 7) is 0. The number of para-hydroxylation sites is 3. The molecule has 0 radical (unpaired) electrons. The molecule has 2 heterocycles. The van der Waals surface area contributed by atoms with E-state index < -0.39 is 8.07 Å². The lowest BCUT2D eigenvalue weighted by atomic mass is 9.94. The number of hydrogen-bond donors (Lipinski definition) is 0. The molecule has 63 heavy (non-hydrogen) atoms. The summed E-state index contributed by atoms with van der Waals surface area (Å²) in [6, 6.07) is 94.2. The van der Waals surface area contributed by atoms with Crippen LogP contribution >= 0.6 is 0 Å². The molecule has 12 aromatic rings. The number of rotatable bonds is 8. The van der Waals surface area contributed by atoms with Crippen LogP contribution in [0.15, 0.2) is 255 Å². The van der Waals surface area contributed by atoms with Crippen LogP contribution in [0, 0.1) is 0 Å². The molecule has 0 unspecified atom stereocenters. The van der Waals surface area contributed by atoms with E-state index in [9.17, 15) is 0 Å². The Hall–Kier alpha value is -7.98. The van der Waals surface area contributed by atoms with Crippen LogP contribution in [0.25, 0.3) is 77.2 Å². The molecule has 0 aliphatic carbocycles. The van der Waals surface area contributed by atoms with Gasteiger partial charge in [0.05, 0.1) is 22.1 Å². The van der Waals surface area contributed by atoms with Crippen molar-refractivity contribution in [2.75, 3.05) is 0 Å². The number of aromatic nitrogens is 2. The van der Waals surface area contributed by atoms with Gasteiger partial charge in [-0.25, -0.2) is 0 Å². The Bertz CT molecular complexity index is 3490. The minimum Gasteiger partial charge on any atom is -0.309 e. The number of benzene rings is 10. The summed E-state index contributed by atoms with van der Waals surface area (Å²) in [5.41, 5.74) is 11.9. The van der Waals surface area contributed by atoms with Crippen molar-refractivity contribution in [2.24, 2.45) is 0 Å². The average molecular weight is 819 g/mol. The fourth-order valence-electron chi connectivity index (χ4n) is 10.4. The summed E-state index contributed by atoms with van der Waals surface area (Å²) >= 11 is 0. The third-order valence-corrected chi connectivity index (χ3v) is 17.9. The molecule has 0 N–H and O–H groups in total. The highest BCUT2D eigenvalue weighted by Gasteiger charge is 2.43. The van der Waals surface area contributed by atoms with E-state index >= 15 is 0 Å². The van der Waals surface area contributed by atoms with Crippen molar-refractivity contribution < 1.29 is 0 Å². The maximum atomic E-state index is 2.56. The summed E-state index contributed by atoms with van der Waals surface area (Å²) in [7, 11) is -2.92. The zero-order valence-corrected chi connectivity index (χ0v) is 35.6. The fourth-order valence-corrected chi connectivity index (χ4v) is 15.3. The van der Waals surface area contributed by atoms with Gasteiger partial charge >= 0.3 is 0 Å². The van der Waals surface area contributed by atoms with Crippen molar-refractivity contribution in [3.8, 4) is 33.6 Å². The molecule has 0 fully saturated rings. The Kier molecular flexibility index (Phi) is 8.87. The molecule has 0 aliphatic heterocycles. The van der Waals surface area contributed by atoms with Crippen LogP contribution in [0.2, 0.25) is 0 Å². The third-order valence-electron chi connectivity index (χ3n) is 13.1. The summed E-state index contributed by atoms with van der Waals surface area (Å²) < 4.78 is 5.01. The van der Waals surface area contributed by atoms with Crippen LogP contribution in [-0.4, -0.2) is 17.2 Å². The molecule has 0 bridgehead atoms. The molecule has 0 saturated carbocycles. The van der Waals surface area contributed by atoms with E-state index in [2.05, 4.69) is 264 Å². The monoisotopic (exact) mass is 818 g/mol. The second-order valence-electron chi connectivity index (χ2n) is 16.4. The van der Waals surface area contributed by atoms with Crippen LogP contribution in [0.5, 0.6) is 0 Å². The van der Waals surface area contributed by atoms with Gasteiger partial charge in [-0.15, -0.1) is 0 Å². The largest absolute Gasteiger partial charge is 0.309 e. The van der Waals surface area contributed by atoms with Crippen molar-refractivity contribution >= 4 is 72.4 Å². The average Bonchev–Trinajstić information content (AvgIpc) is 3.89. The van der Waals surface area contributed by atoms with Gasteiger partial charge in [0.15, 0.2) is 8.07 Å². The second-order valence-corrected chi connectivity index (χ2v) is 20.2. The zero-order valence-electron chi connectivity index (χ0n) is 34.6. The Morgan fingerprint density at radius 3 is 1.29 bits per heavy atom.